The number of amides is 2. The van der Waals surface area contributed by atoms with Crippen LogP contribution in [0.15, 0.2) is 76.1 Å². The molecule has 0 aliphatic carbocycles. The van der Waals surface area contributed by atoms with Crippen molar-refractivity contribution in [2.24, 2.45) is 0 Å². The molecule has 0 bridgehead atoms. The van der Waals surface area contributed by atoms with E-state index < -0.39 is 0 Å². The molecule has 0 unspecified atom stereocenters. The number of anilines is 2. The number of carbonyl (C=O) groups excluding carboxylic acids is 2. The zero-order valence-electron chi connectivity index (χ0n) is 17.3. The predicted molar refractivity (Wildman–Crippen MR) is 147 cm³/mol. The molecule has 1 aliphatic rings. The Morgan fingerprint density at radius 1 is 1.03 bits per heavy atom. The van der Waals surface area contributed by atoms with Gasteiger partial charge in [-0.3, -0.25) is 15.0 Å². The maximum Gasteiger partial charge on any atom is 0.285 e. The predicted octanol–water partition coefficient (Wildman–Crippen LogP) is 6.97. The molecule has 5 nitrogen and oxygen atoms in total. The summed E-state index contributed by atoms with van der Waals surface area (Å²) in [5.41, 5.74) is 5.40. The van der Waals surface area contributed by atoms with E-state index in [0.29, 0.717) is 31.9 Å². The number of rotatable bonds is 6. The minimum Gasteiger partial charge on any atom is -0.353 e. The molecule has 4 rings (SSSR count). The number of hydrazine groups is 1. The van der Waals surface area contributed by atoms with Crippen LogP contribution in [0.2, 0.25) is 10.0 Å². The van der Waals surface area contributed by atoms with Gasteiger partial charge in [-0.1, -0.05) is 87.3 Å². The first-order chi connectivity index (χ1) is 16.3. The number of thiocarbonyl (C=S) groups is 1. The average Bonchev–Trinajstić information content (AvgIpc) is 3.06. The Labute approximate surface area is 224 Å². The van der Waals surface area contributed by atoms with Crippen LogP contribution in [0.3, 0.4) is 0 Å². The van der Waals surface area contributed by atoms with Gasteiger partial charge >= 0.3 is 0 Å². The van der Waals surface area contributed by atoms with E-state index in [1.54, 1.807) is 24.3 Å². The van der Waals surface area contributed by atoms with Crippen LogP contribution in [0.5, 0.6) is 0 Å². The summed E-state index contributed by atoms with van der Waals surface area (Å²) >= 11 is 22.4. The molecular formula is C24H16BrCl2N3O2S2. The van der Waals surface area contributed by atoms with Gasteiger partial charge in [-0.25, -0.2) is 0 Å². The third-order valence-corrected chi connectivity index (χ3v) is 7.25. The molecule has 0 saturated carbocycles. The summed E-state index contributed by atoms with van der Waals surface area (Å²) in [6.07, 6.45) is 1.75. The highest BCUT2D eigenvalue weighted by Crippen LogP contribution is 2.34. The summed E-state index contributed by atoms with van der Waals surface area (Å²) in [6, 6.07) is 20.0. The van der Waals surface area contributed by atoms with Gasteiger partial charge in [0.2, 0.25) is 5.91 Å². The van der Waals surface area contributed by atoms with Crippen LogP contribution in [-0.2, 0) is 16.0 Å². The zero-order valence-corrected chi connectivity index (χ0v) is 22.1. The maximum atomic E-state index is 12.8. The van der Waals surface area contributed by atoms with Crippen LogP contribution < -0.4 is 10.7 Å². The van der Waals surface area contributed by atoms with Crippen molar-refractivity contribution in [3.8, 4) is 0 Å². The third-order valence-electron chi connectivity index (χ3n) is 4.79. The largest absolute Gasteiger partial charge is 0.353 e. The first-order valence-corrected chi connectivity index (χ1v) is 12.7. The molecule has 2 N–H and O–H groups in total. The molecule has 0 atom stereocenters. The van der Waals surface area contributed by atoms with Crippen molar-refractivity contribution in [1.82, 2.24) is 10.4 Å². The van der Waals surface area contributed by atoms with Crippen LogP contribution in [0.25, 0.3) is 6.08 Å². The summed E-state index contributed by atoms with van der Waals surface area (Å²) in [6.45, 7) is 0. The molecule has 1 fully saturated rings. The Kier molecular flexibility index (Phi) is 7.95. The van der Waals surface area contributed by atoms with Gasteiger partial charge in [-0.05, 0) is 59.8 Å². The van der Waals surface area contributed by atoms with Crippen molar-refractivity contribution in [1.29, 1.82) is 0 Å². The summed E-state index contributed by atoms with van der Waals surface area (Å²) in [5, 5.41) is 5.22. The molecule has 0 radical (unpaired) electrons. The molecule has 1 aliphatic heterocycles. The van der Waals surface area contributed by atoms with Crippen LogP contribution in [0.1, 0.15) is 11.1 Å². The maximum absolute atomic E-state index is 12.8. The van der Waals surface area contributed by atoms with E-state index in [9.17, 15) is 9.59 Å². The Morgan fingerprint density at radius 2 is 1.71 bits per heavy atom. The fourth-order valence-corrected chi connectivity index (χ4v) is 5.10. The smallest absolute Gasteiger partial charge is 0.285 e. The molecule has 1 heterocycles. The van der Waals surface area contributed by atoms with Crippen molar-refractivity contribution >= 4 is 96.7 Å². The van der Waals surface area contributed by atoms with Gasteiger partial charge in [-0.15, -0.1) is 0 Å². The minimum atomic E-state index is -0.388. The molecule has 34 heavy (non-hydrogen) atoms. The Morgan fingerprint density at radius 3 is 2.41 bits per heavy atom. The van der Waals surface area contributed by atoms with Crippen molar-refractivity contribution in [3.63, 3.8) is 0 Å². The molecule has 3 aromatic rings. The second-order valence-corrected chi connectivity index (χ2v) is 10.6. The van der Waals surface area contributed by atoms with Crippen molar-refractivity contribution < 1.29 is 9.59 Å². The first kappa shape index (κ1) is 24.8. The lowest BCUT2D eigenvalue weighted by Crippen LogP contribution is -2.45. The number of thioether (sulfide) groups is 1. The SMILES string of the molecule is O=C(Cc1ccccc1Nc1c(Cl)cccc1Cl)NN1C(=O)/C(=C/c2ccc(Br)cc2)SC1=S. The van der Waals surface area contributed by atoms with Gasteiger partial charge in [0.05, 0.1) is 27.1 Å². The lowest BCUT2D eigenvalue weighted by molar-refractivity contribution is -0.132. The molecule has 0 spiro atoms. The highest BCUT2D eigenvalue weighted by Gasteiger charge is 2.33. The van der Waals surface area contributed by atoms with Crippen molar-refractivity contribution in [2.45, 2.75) is 6.42 Å². The van der Waals surface area contributed by atoms with Crippen LogP contribution in [0.4, 0.5) is 11.4 Å². The Bertz CT molecular complexity index is 1300. The number of benzene rings is 3. The molecule has 1 saturated heterocycles. The number of nitrogens with one attached hydrogen (secondary N) is 2. The van der Waals surface area contributed by atoms with Gasteiger partial charge < -0.3 is 5.32 Å². The van der Waals surface area contributed by atoms with Crippen molar-refractivity contribution in [3.05, 3.63) is 97.3 Å². The van der Waals surface area contributed by atoms with E-state index in [1.165, 1.54) is 0 Å². The standard InChI is InChI=1S/C24H16BrCl2N3O2S2/c25-16-10-8-14(9-11-16)12-20-23(32)30(24(33)34-20)29-21(31)13-15-4-1-2-7-19(15)28-22-17(26)5-3-6-18(22)27/h1-12,28H,13H2,(H,29,31)/b20-12-. The number of nitrogens with zero attached hydrogens (tertiary/aromatic N) is 1. The summed E-state index contributed by atoms with van der Waals surface area (Å²) in [4.78, 5) is 26.1. The fourth-order valence-electron chi connectivity index (χ4n) is 3.16. The monoisotopic (exact) mass is 591 g/mol. The molecular weight excluding hydrogens is 577 g/mol. The molecule has 172 valence electrons. The van der Waals surface area contributed by atoms with E-state index in [1.807, 2.05) is 48.5 Å². The number of carbonyl (C=O) groups is 2. The topological polar surface area (TPSA) is 61.4 Å². The second kappa shape index (κ2) is 10.9. The number of hydrogen-bond donors (Lipinski definition) is 2. The van der Waals surface area contributed by atoms with Crippen LogP contribution in [-0.4, -0.2) is 21.1 Å². The van der Waals surface area contributed by atoms with E-state index in [-0.39, 0.29) is 22.6 Å². The number of para-hydroxylation sites is 2. The summed E-state index contributed by atoms with van der Waals surface area (Å²) < 4.78 is 1.20. The Balaban J connectivity index is 1.46. The number of halogens is 3. The van der Waals surface area contributed by atoms with E-state index in [2.05, 4.69) is 26.7 Å². The van der Waals surface area contributed by atoms with Gasteiger partial charge in [-0.2, -0.15) is 5.01 Å². The lowest BCUT2D eigenvalue weighted by Gasteiger charge is -2.17. The highest BCUT2D eigenvalue weighted by atomic mass is 79.9. The van der Waals surface area contributed by atoms with Crippen molar-refractivity contribution in [2.75, 3.05) is 5.32 Å². The first-order valence-electron chi connectivity index (χ1n) is 9.94. The highest BCUT2D eigenvalue weighted by molar-refractivity contribution is 9.10. The van der Waals surface area contributed by atoms with Crippen LogP contribution in [0, 0.1) is 0 Å². The van der Waals surface area contributed by atoms with Gasteiger partial charge in [0.25, 0.3) is 5.91 Å². The second-order valence-electron chi connectivity index (χ2n) is 7.16. The number of hydrogen-bond acceptors (Lipinski definition) is 5. The fraction of sp³-hybridized carbons (Fsp3) is 0.0417. The van der Waals surface area contributed by atoms with Gasteiger partial charge in [0, 0.05) is 10.2 Å². The summed E-state index contributed by atoms with van der Waals surface area (Å²) in [7, 11) is 0. The Hall–Kier alpha value is -2.36. The van der Waals surface area contributed by atoms with Gasteiger partial charge in [0.1, 0.15) is 0 Å². The van der Waals surface area contributed by atoms with E-state index >= 15 is 0 Å². The zero-order chi connectivity index (χ0) is 24.2. The molecule has 2 amide bonds. The lowest BCUT2D eigenvalue weighted by atomic mass is 10.1. The van der Waals surface area contributed by atoms with E-state index in [0.717, 1.165) is 26.8 Å². The molecule has 3 aromatic carbocycles. The normalized spacial score (nSPS) is 14.6. The van der Waals surface area contributed by atoms with Crippen LogP contribution >= 0.6 is 63.1 Å². The summed E-state index contributed by atoms with van der Waals surface area (Å²) in [5.74, 6) is -0.763. The quantitative estimate of drug-likeness (QED) is 0.239. The van der Waals surface area contributed by atoms with E-state index in [4.69, 9.17) is 35.4 Å². The minimum absolute atomic E-state index is 0.00800. The average molecular weight is 593 g/mol. The molecule has 0 aromatic heterocycles. The van der Waals surface area contributed by atoms with Gasteiger partial charge in [0.15, 0.2) is 4.32 Å². The third kappa shape index (κ3) is 5.82. The molecule has 10 heteroatoms.